The fourth-order valence-electron chi connectivity index (χ4n) is 3.94. The van der Waals surface area contributed by atoms with E-state index >= 15 is 0 Å². The molecule has 6 N–H and O–H groups in total. The summed E-state index contributed by atoms with van der Waals surface area (Å²) in [7, 11) is -4.35. The summed E-state index contributed by atoms with van der Waals surface area (Å²) in [4.78, 5) is 22.3. The standard InChI is InChI=1S/C27H55N2O7P/c1-3-5-7-9-11-13-15-17-19-26(31)25(23-36-37(33,34)35-21-20-28)29-27(32)22-24(30)18-16-14-12-10-8-6-4-2/h14,16,24-26,30-31H,3-13,15,17-23,28H2,1-2H3,(H,29,32)(H,33,34)/b16-14-. The average Bonchev–Trinajstić information content (AvgIpc) is 2.86. The Morgan fingerprint density at radius 2 is 1.51 bits per heavy atom. The van der Waals surface area contributed by atoms with Gasteiger partial charge in [0, 0.05) is 6.54 Å². The number of hydrogen-bond donors (Lipinski definition) is 5. The second-order valence-electron chi connectivity index (χ2n) is 9.81. The highest BCUT2D eigenvalue weighted by Crippen LogP contribution is 2.43. The van der Waals surface area contributed by atoms with Crippen molar-refractivity contribution < 1.29 is 33.5 Å². The fourth-order valence-corrected chi connectivity index (χ4v) is 4.70. The smallest absolute Gasteiger partial charge is 0.392 e. The number of amides is 1. The van der Waals surface area contributed by atoms with Crippen LogP contribution in [0.15, 0.2) is 12.2 Å². The maximum absolute atomic E-state index is 12.5. The van der Waals surface area contributed by atoms with Crippen LogP contribution in [0.2, 0.25) is 0 Å². The van der Waals surface area contributed by atoms with E-state index in [-0.39, 0.29) is 19.6 Å². The highest BCUT2D eigenvalue weighted by atomic mass is 31.2. The largest absolute Gasteiger partial charge is 0.472 e. The number of phosphoric ester groups is 1. The summed E-state index contributed by atoms with van der Waals surface area (Å²) in [6.45, 7) is 3.87. The molecule has 0 radical (unpaired) electrons. The van der Waals surface area contributed by atoms with Crippen molar-refractivity contribution in [3.8, 4) is 0 Å². The van der Waals surface area contributed by atoms with Crippen molar-refractivity contribution in [2.24, 2.45) is 5.73 Å². The number of allylic oxidation sites excluding steroid dienone is 1. The van der Waals surface area contributed by atoms with Gasteiger partial charge in [0.2, 0.25) is 5.91 Å². The normalized spacial score (nSPS) is 15.9. The quantitative estimate of drug-likeness (QED) is 0.0565. The molecule has 9 nitrogen and oxygen atoms in total. The number of unbranched alkanes of at least 4 members (excludes halogenated alkanes) is 11. The van der Waals surface area contributed by atoms with Crippen molar-refractivity contribution in [3.05, 3.63) is 12.2 Å². The Bertz CT molecular complexity index is 622. The van der Waals surface area contributed by atoms with Gasteiger partial charge < -0.3 is 26.2 Å². The molecule has 0 rings (SSSR count). The summed E-state index contributed by atoms with van der Waals surface area (Å²) >= 11 is 0. The first-order valence-corrected chi connectivity index (χ1v) is 15.9. The fraction of sp³-hybridized carbons (Fsp3) is 0.889. The molecule has 0 heterocycles. The van der Waals surface area contributed by atoms with Crippen LogP contribution in [0, 0.1) is 0 Å². The highest BCUT2D eigenvalue weighted by molar-refractivity contribution is 7.47. The van der Waals surface area contributed by atoms with E-state index in [9.17, 15) is 24.5 Å². The van der Waals surface area contributed by atoms with Crippen LogP contribution in [0.5, 0.6) is 0 Å². The number of carbonyl (C=O) groups excluding carboxylic acids is 1. The first-order valence-electron chi connectivity index (χ1n) is 14.4. The number of hydrogen-bond acceptors (Lipinski definition) is 7. The summed E-state index contributed by atoms with van der Waals surface area (Å²) < 4.78 is 21.8. The molecule has 4 atom stereocenters. The van der Waals surface area contributed by atoms with Crippen molar-refractivity contribution in [1.29, 1.82) is 0 Å². The van der Waals surface area contributed by atoms with Crippen molar-refractivity contribution in [2.75, 3.05) is 19.8 Å². The number of aliphatic hydroxyl groups excluding tert-OH is 2. The number of aliphatic hydroxyl groups is 2. The third kappa shape index (κ3) is 22.9. The van der Waals surface area contributed by atoms with Gasteiger partial charge >= 0.3 is 7.82 Å². The molecule has 0 aromatic heterocycles. The lowest BCUT2D eigenvalue weighted by Crippen LogP contribution is -2.47. The molecule has 0 spiro atoms. The zero-order chi connectivity index (χ0) is 27.8. The van der Waals surface area contributed by atoms with Crippen LogP contribution < -0.4 is 11.1 Å². The minimum Gasteiger partial charge on any atom is -0.392 e. The van der Waals surface area contributed by atoms with Gasteiger partial charge in [-0.15, -0.1) is 0 Å². The van der Waals surface area contributed by atoms with Crippen LogP contribution in [0.1, 0.15) is 117 Å². The molecule has 0 fully saturated rings. The zero-order valence-corrected chi connectivity index (χ0v) is 24.2. The summed E-state index contributed by atoms with van der Waals surface area (Å²) in [5.74, 6) is -0.455. The Hall–Kier alpha value is -0.800. The number of phosphoric acid groups is 1. The van der Waals surface area contributed by atoms with Gasteiger partial charge in [-0.05, 0) is 25.7 Å². The Morgan fingerprint density at radius 1 is 0.919 bits per heavy atom. The molecule has 0 bridgehead atoms. The van der Waals surface area contributed by atoms with E-state index in [0.717, 1.165) is 38.5 Å². The van der Waals surface area contributed by atoms with E-state index in [4.69, 9.17) is 14.8 Å². The van der Waals surface area contributed by atoms with Gasteiger partial charge in [0.15, 0.2) is 0 Å². The Morgan fingerprint density at radius 3 is 2.14 bits per heavy atom. The van der Waals surface area contributed by atoms with E-state index < -0.39 is 38.6 Å². The van der Waals surface area contributed by atoms with Crippen LogP contribution in [-0.4, -0.2) is 59.0 Å². The Balaban J connectivity index is 4.64. The van der Waals surface area contributed by atoms with Crippen LogP contribution in [-0.2, 0) is 18.4 Å². The number of carbonyl (C=O) groups is 1. The molecule has 0 aliphatic heterocycles. The highest BCUT2D eigenvalue weighted by Gasteiger charge is 2.28. The predicted molar refractivity (Wildman–Crippen MR) is 149 cm³/mol. The molecule has 37 heavy (non-hydrogen) atoms. The van der Waals surface area contributed by atoms with E-state index in [2.05, 4.69) is 19.2 Å². The summed E-state index contributed by atoms with van der Waals surface area (Å²) in [6.07, 6.45) is 17.3. The van der Waals surface area contributed by atoms with Crippen LogP contribution in [0.25, 0.3) is 0 Å². The maximum Gasteiger partial charge on any atom is 0.472 e. The Labute approximate surface area is 225 Å². The SMILES string of the molecule is CCCCCC/C=C\CC(O)CC(=O)NC(COP(=O)(O)OCCN)C(O)CCCCCCCCCC. The molecule has 4 unspecified atom stereocenters. The molecular formula is C27H55N2O7P. The Kier molecular flexibility index (Phi) is 23.7. The molecule has 10 heteroatoms. The van der Waals surface area contributed by atoms with Gasteiger partial charge in [0.1, 0.15) is 0 Å². The first-order chi connectivity index (χ1) is 17.8. The lowest BCUT2D eigenvalue weighted by atomic mass is 10.0. The van der Waals surface area contributed by atoms with Crippen LogP contribution >= 0.6 is 7.82 Å². The molecule has 0 aromatic carbocycles. The number of nitrogens with one attached hydrogen (secondary N) is 1. The van der Waals surface area contributed by atoms with E-state index in [1.165, 1.54) is 44.9 Å². The zero-order valence-electron chi connectivity index (χ0n) is 23.3. The predicted octanol–water partition coefficient (Wildman–Crippen LogP) is 5.12. The van der Waals surface area contributed by atoms with Gasteiger partial charge in [-0.25, -0.2) is 4.57 Å². The monoisotopic (exact) mass is 550 g/mol. The molecule has 0 aliphatic carbocycles. The molecule has 1 amide bonds. The van der Waals surface area contributed by atoms with Gasteiger partial charge in [-0.3, -0.25) is 13.8 Å². The van der Waals surface area contributed by atoms with E-state index in [1.54, 1.807) is 0 Å². The molecular weight excluding hydrogens is 495 g/mol. The third-order valence-corrected chi connectivity index (χ3v) is 7.16. The molecule has 0 aliphatic rings. The lowest BCUT2D eigenvalue weighted by Gasteiger charge is -2.25. The lowest BCUT2D eigenvalue weighted by molar-refractivity contribution is -0.125. The van der Waals surface area contributed by atoms with Crippen molar-refractivity contribution in [2.45, 2.75) is 135 Å². The number of nitrogens with two attached hydrogens (primary N) is 1. The minimum absolute atomic E-state index is 0.0558. The van der Waals surface area contributed by atoms with Crippen molar-refractivity contribution >= 4 is 13.7 Å². The van der Waals surface area contributed by atoms with Gasteiger partial charge in [0.05, 0.1) is 37.9 Å². The van der Waals surface area contributed by atoms with Gasteiger partial charge in [-0.1, -0.05) is 96.6 Å². The second kappa shape index (κ2) is 24.3. The first kappa shape index (κ1) is 36.2. The molecule has 220 valence electrons. The van der Waals surface area contributed by atoms with Gasteiger partial charge in [-0.2, -0.15) is 0 Å². The average molecular weight is 551 g/mol. The topological polar surface area (TPSA) is 151 Å². The summed E-state index contributed by atoms with van der Waals surface area (Å²) in [5.41, 5.74) is 5.30. The van der Waals surface area contributed by atoms with Crippen molar-refractivity contribution in [3.63, 3.8) is 0 Å². The van der Waals surface area contributed by atoms with E-state index in [1.807, 2.05) is 12.2 Å². The van der Waals surface area contributed by atoms with E-state index in [0.29, 0.717) is 12.8 Å². The molecule has 0 saturated heterocycles. The van der Waals surface area contributed by atoms with Crippen LogP contribution in [0.4, 0.5) is 0 Å². The van der Waals surface area contributed by atoms with Crippen molar-refractivity contribution in [1.82, 2.24) is 5.32 Å². The second-order valence-corrected chi connectivity index (χ2v) is 11.3. The van der Waals surface area contributed by atoms with Gasteiger partial charge in [0.25, 0.3) is 0 Å². The molecule has 0 aromatic rings. The van der Waals surface area contributed by atoms with Crippen LogP contribution in [0.3, 0.4) is 0 Å². The maximum atomic E-state index is 12.5. The third-order valence-electron chi connectivity index (χ3n) is 6.17. The summed E-state index contributed by atoms with van der Waals surface area (Å²) in [5, 5.41) is 23.6. The number of rotatable bonds is 26. The minimum atomic E-state index is -4.35. The summed E-state index contributed by atoms with van der Waals surface area (Å²) in [6, 6.07) is -0.902. The molecule has 0 saturated carbocycles.